The van der Waals surface area contributed by atoms with Gasteiger partial charge in [0.05, 0.1) is 6.54 Å². The van der Waals surface area contributed by atoms with Crippen LogP contribution in [0.5, 0.6) is 0 Å². The molecule has 1 amide bonds. The van der Waals surface area contributed by atoms with Crippen molar-refractivity contribution in [3.8, 4) is 0 Å². The third-order valence-electron chi connectivity index (χ3n) is 1.05. The van der Waals surface area contributed by atoms with Crippen LogP contribution in [0.3, 0.4) is 0 Å². The van der Waals surface area contributed by atoms with Gasteiger partial charge in [0, 0.05) is 0 Å². The second-order valence-electron chi connectivity index (χ2n) is 2.33. The standard InChI is InChI=1S/C5H7F3NO5P.Na/c6-5(7,8)4(10)9(11)2-1-3-15(12,13)14;/h1,3,11H,2H2,(H2,12,13,14);/q;+1/p-1/b3-1+;. The van der Waals surface area contributed by atoms with E-state index in [1.807, 2.05) is 0 Å². The Morgan fingerprint density at radius 3 is 2.25 bits per heavy atom. The second-order valence-corrected chi connectivity index (χ2v) is 3.76. The van der Waals surface area contributed by atoms with Crippen molar-refractivity contribution in [3.05, 3.63) is 11.9 Å². The van der Waals surface area contributed by atoms with Crippen LogP contribution in [0.25, 0.3) is 0 Å². The summed E-state index contributed by atoms with van der Waals surface area (Å²) in [5, 5.41) is 7.76. The van der Waals surface area contributed by atoms with Gasteiger partial charge in [-0.05, 0) is 5.82 Å². The first-order valence-corrected chi connectivity index (χ1v) is 4.97. The molecule has 0 radical (unpaired) electrons. The molecule has 0 aliphatic heterocycles. The largest absolute Gasteiger partial charge is 1.00 e. The molecular formula is C5H6F3NNaO5P. The molecule has 0 aliphatic rings. The summed E-state index contributed by atoms with van der Waals surface area (Å²) in [5.41, 5.74) is 0. The predicted molar refractivity (Wildman–Crippen MR) is 38.5 cm³/mol. The van der Waals surface area contributed by atoms with Crippen molar-refractivity contribution in [1.82, 2.24) is 5.06 Å². The summed E-state index contributed by atoms with van der Waals surface area (Å²) in [7, 11) is -4.75. The Bertz CT molecular complexity index is 314. The number of rotatable bonds is 3. The molecule has 0 aromatic heterocycles. The maximum absolute atomic E-state index is 11.6. The molecule has 11 heteroatoms. The van der Waals surface area contributed by atoms with Crippen LogP contribution in [-0.2, 0) is 9.36 Å². The smallest absolute Gasteiger partial charge is 0.776 e. The molecule has 0 aromatic carbocycles. The molecule has 16 heavy (non-hydrogen) atoms. The van der Waals surface area contributed by atoms with Gasteiger partial charge in [-0.25, -0.2) is 5.06 Å². The van der Waals surface area contributed by atoms with Gasteiger partial charge in [-0.15, -0.1) is 0 Å². The summed E-state index contributed by atoms with van der Waals surface area (Å²) < 4.78 is 44.9. The third-order valence-corrected chi connectivity index (χ3v) is 1.64. The maximum atomic E-state index is 11.6. The molecule has 88 valence electrons. The Hall–Kier alpha value is 0.110. The van der Waals surface area contributed by atoms with Gasteiger partial charge in [-0.1, -0.05) is 6.08 Å². The van der Waals surface area contributed by atoms with Crippen molar-refractivity contribution in [2.45, 2.75) is 6.18 Å². The van der Waals surface area contributed by atoms with E-state index < -0.39 is 31.3 Å². The molecule has 0 saturated carbocycles. The number of hydrogen-bond acceptors (Lipinski definition) is 4. The first-order valence-electron chi connectivity index (χ1n) is 3.33. The molecule has 0 heterocycles. The fourth-order valence-corrected chi connectivity index (χ4v) is 0.870. The zero-order valence-electron chi connectivity index (χ0n) is 8.01. The molecule has 0 aliphatic carbocycles. The molecule has 0 bridgehead atoms. The van der Waals surface area contributed by atoms with E-state index in [9.17, 15) is 27.4 Å². The number of amides is 1. The minimum absolute atomic E-state index is 0. The molecule has 0 fully saturated rings. The fourth-order valence-electron chi connectivity index (χ4n) is 0.509. The average molecular weight is 271 g/mol. The predicted octanol–water partition coefficient (Wildman–Crippen LogP) is -3.17. The molecule has 6 nitrogen and oxygen atoms in total. The first kappa shape index (κ1) is 18.5. The van der Waals surface area contributed by atoms with Crippen LogP contribution in [0.2, 0.25) is 0 Å². The maximum Gasteiger partial charge on any atom is 1.00 e. The topological polar surface area (TPSA) is 101 Å². The van der Waals surface area contributed by atoms with Crippen molar-refractivity contribution >= 4 is 13.5 Å². The summed E-state index contributed by atoms with van der Waals surface area (Å²) in [4.78, 5) is 28.4. The Labute approximate surface area is 110 Å². The van der Waals surface area contributed by atoms with Crippen LogP contribution in [0, 0.1) is 0 Å². The van der Waals surface area contributed by atoms with E-state index in [0.29, 0.717) is 6.08 Å². The van der Waals surface area contributed by atoms with Crippen LogP contribution in [0.1, 0.15) is 0 Å². The average Bonchev–Trinajstić information content (AvgIpc) is 1.98. The van der Waals surface area contributed by atoms with Gasteiger partial charge in [-0.2, -0.15) is 13.2 Å². The van der Waals surface area contributed by atoms with Gasteiger partial charge in [0.25, 0.3) is 0 Å². The van der Waals surface area contributed by atoms with Crippen LogP contribution in [0.4, 0.5) is 13.2 Å². The normalized spacial score (nSPS) is 15.4. The number of carbonyl (C=O) groups excluding carboxylic acids is 1. The van der Waals surface area contributed by atoms with Crippen LogP contribution >= 0.6 is 7.60 Å². The van der Waals surface area contributed by atoms with Gasteiger partial charge in [0.1, 0.15) is 0 Å². The third kappa shape index (κ3) is 8.28. The van der Waals surface area contributed by atoms with Crippen LogP contribution < -0.4 is 34.5 Å². The molecule has 0 spiro atoms. The van der Waals surface area contributed by atoms with E-state index in [1.54, 1.807) is 0 Å². The molecule has 0 rings (SSSR count). The number of carbonyl (C=O) groups is 1. The van der Waals surface area contributed by atoms with Crippen molar-refractivity contribution in [3.63, 3.8) is 0 Å². The van der Waals surface area contributed by atoms with E-state index in [1.165, 1.54) is 0 Å². The second kappa shape index (κ2) is 6.75. The minimum atomic E-state index is -5.25. The Morgan fingerprint density at radius 2 is 1.94 bits per heavy atom. The number of hydroxylamine groups is 2. The summed E-state index contributed by atoms with van der Waals surface area (Å²) in [6, 6.07) is 0. The fraction of sp³-hybridized carbons (Fsp3) is 0.400. The van der Waals surface area contributed by atoms with Crippen molar-refractivity contribution in [1.29, 1.82) is 0 Å². The molecular weight excluding hydrogens is 265 g/mol. The van der Waals surface area contributed by atoms with Crippen molar-refractivity contribution < 1.29 is 67.1 Å². The minimum Gasteiger partial charge on any atom is -0.776 e. The van der Waals surface area contributed by atoms with Gasteiger partial charge < -0.3 is 14.4 Å². The van der Waals surface area contributed by atoms with Crippen LogP contribution in [0.15, 0.2) is 11.9 Å². The van der Waals surface area contributed by atoms with E-state index in [2.05, 4.69) is 0 Å². The van der Waals surface area contributed by atoms with Crippen molar-refractivity contribution in [2.24, 2.45) is 0 Å². The van der Waals surface area contributed by atoms with E-state index in [4.69, 9.17) is 10.1 Å². The molecule has 1 unspecified atom stereocenters. The van der Waals surface area contributed by atoms with Gasteiger partial charge in [0.2, 0.25) is 0 Å². The quantitative estimate of drug-likeness (QED) is 0.244. The van der Waals surface area contributed by atoms with E-state index in [-0.39, 0.29) is 35.4 Å². The number of hydrogen-bond donors (Lipinski definition) is 2. The molecule has 0 saturated heterocycles. The van der Waals surface area contributed by atoms with E-state index in [0.717, 1.165) is 0 Å². The Kier molecular flexibility index (Phi) is 7.79. The molecule has 2 N–H and O–H groups in total. The van der Waals surface area contributed by atoms with Crippen molar-refractivity contribution in [2.75, 3.05) is 6.54 Å². The first-order chi connectivity index (χ1) is 6.54. The number of nitrogens with zero attached hydrogens (tertiary/aromatic N) is 1. The number of halogens is 3. The zero-order valence-corrected chi connectivity index (χ0v) is 10.9. The van der Waals surface area contributed by atoms with Gasteiger partial charge >= 0.3 is 41.6 Å². The summed E-state index contributed by atoms with van der Waals surface area (Å²) in [5.74, 6) is -2.37. The summed E-state index contributed by atoms with van der Waals surface area (Å²) in [6.45, 7) is -1.01. The Balaban J connectivity index is 0. The molecule has 0 aromatic rings. The summed E-state index contributed by atoms with van der Waals surface area (Å²) in [6.07, 6.45) is -4.76. The SMILES string of the molecule is O=C(N(O)C/C=C/P(=O)([O-])O)C(F)(F)F.[Na+]. The zero-order chi connectivity index (χ0) is 12.3. The summed E-state index contributed by atoms with van der Waals surface area (Å²) >= 11 is 0. The monoisotopic (exact) mass is 271 g/mol. The Morgan fingerprint density at radius 1 is 1.50 bits per heavy atom. The van der Waals surface area contributed by atoms with E-state index >= 15 is 0 Å². The number of alkyl halides is 3. The van der Waals surface area contributed by atoms with Gasteiger partial charge in [0.15, 0.2) is 7.60 Å². The van der Waals surface area contributed by atoms with Gasteiger partial charge in [-0.3, -0.25) is 10.0 Å². The molecule has 1 atom stereocenters. The van der Waals surface area contributed by atoms with Crippen LogP contribution in [-0.4, -0.2) is 33.8 Å².